The second-order valence-corrected chi connectivity index (χ2v) is 6.68. The van der Waals surface area contributed by atoms with Crippen LogP contribution in [0.1, 0.15) is 0 Å². The van der Waals surface area contributed by atoms with E-state index in [0.29, 0.717) is 13.1 Å². The first-order chi connectivity index (χ1) is 12.7. The molecule has 0 fully saturated rings. The third kappa shape index (κ3) is 2.52. The molecule has 1 aliphatic heterocycles. The Balaban J connectivity index is 2.16. The van der Waals surface area contributed by atoms with Crippen LogP contribution >= 0.6 is 23.2 Å². The molecule has 3 aromatic rings. The van der Waals surface area contributed by atoms with E-state index in [0.717, 1.165) is 32.9 Å². The Bertz CT molecular complexity index is 952. The van der Waals surface area contributed by atoms with Gasteiger partial charge in [-0.15, -0.1) is 23.2 Å². The lowest BCUT2D eigenvalue weighted by atomic mass is 9.95. The Labute approximate surface area is 160 Å². The van der Waals surface area contributed by atoms with Gasteiger partial charge in [-0.05, 0) is 10.8 Å². The van der Waals surface area contributed by atoms with Crippen LogP contribution in [-0.4, -0.2) is 36.7 Å². The summed E-state index contributed by atoms with van der Waals surface area (Å²) in [4.78, 5) is 28.4. The summed E-state index contributed by atoms with van der Waals surface area (Å²) in [6.07, 6.45) is 0. The normalized spacial score (nSPS) is 13.9. The fourth-order valence-corrected chi connectivity index (χ4v) is 4.01. The fraction of sp³-hybridized carbons (Fsp3) is 0.200. The first-order valence-corrected chi connectivity index (χ1v) is 9.40. The summed E-state index contributed by atoms with van der Waals surface area (Å²) >= 11 is 11.7. The minimum atomic E-state index is -0.175. The number of benzene rings is 3. The molecule has 26 heavy (non-hydrogen) atoms. The summed E-state index contributed by atoms with van der Waals surface area (Å²) in [6.45, 7) is 0.785. The first-order valence-electron chi connectivity index (χ1n) is 8.33. The molecule has 4 nitrogen and oxygen atoms in total. The molecular weight excluding hydrogens is 371 g/mol. The molecule has 132 valence electrons. The highest BCUT2D eigenvalue weighted by Crippen LogP contribution is 2.46. The lowest BCUT2D eigenvalue weighted by Gasteiger charge is -2.38. The van der Waals surface area contributed by atoms with Gasteiger partial charge in [-0.25, -0.2) is 0 Å². The van der Waals surface area contributed by atoms with E-state index < -0.39 is 0 Å². The molecule has 0 saturated carbocycles. The van der Waals surface area contributed by atoms with Gasteiger partial charge in [0.05, 0.1) is 11.4 Å². The number of rotatable bonds is 2. The number of anilines is 2. The van der Waals surface area contributed by atoms with Crippen LogP contribution in [-0.2, 0) is 9.59 Å². The van der Waals surface area contributed by atoms with Gasteiger partial charge in [0, 0.05) is 23.9 Å². The molecule has 0 N–H and O–H groups in total. The molecule has 1 aliphatic rings. The molecule has 0 unspecified atom stereocenters. The monoisotopic (exact) mass is 386 g/mol. The van der Waals surface area contributed by atoms with Gasteiger partial charge in [0.2, 0.25) is 11.8 Å². The number of nitrogens with zero attached hydrogens (tertiary/aromatic N) is 2. The molecule has 0 aliphatic carbocycles. The summed E-state index contributed by atoms with van der Waals surface area (Å²) in [7, 11) is 0. The summed E-state index contributed by atoms with van der Waals surface area (Å²) < 4.78 is 0. The molecule has 0 saturated heterocycles. The Kier molecular flexibility index (Phi) is 4.47. The zero-order valence-corrected chi connectivity index (χ0v) is 15.4. The quantitative estimate of drug-likeness (QED) is 0.490. The van der Waals surface area contributed by atoms with Crippen molar-refractivity contribution in [2.45, 2.75) is 0 Å². The number of hydrogen-bond donors (Lipinski definition) is 0. The second-order valence-electron chi connectivity index (χ2n) is 6.15. The maximum atomic E-state index is 12.5. The number of alkyl halides is 2. The smallest absolute Gasteiger partial charge is 0.242 e. The second kappa shape index (κ2) is 6.78. The molecule has 0 bridgehead atoms. The van der Waals surface area contributed by atoms with E-state index in [9.17, 15) is 9.59 Å². The SMILES string of the molecule is O=C(CCl)N1CCN(C(=O)CCl)c2c1c1ccccc1c1ccccc21. The summed E-state index contributed by atoms with van der Waals surface area (Å²) in [5, 5.41) is 3.92. The first kappa shape index (κ1) is 17.1. The number of amides is 2. The van der Waals surface area contributed by atoms with E-state index in [1.54, 1.807) is 9.80 Å². The van der Waals surface area contributed by atoms with Crippen molar-refractivity contribution < 1.29 is 9.59 Å². The zero-order valence-electron chi connectivity index (χ0n) is 13.9. The molecule has 1 heterocycles. The van der Waals surface area contributed by atoms with Crippen LogP contribution in [0.5, 0.6) is 0 Å². The van der Waals surface area contributed by atoms with Crippen molar-refractivity contribution >= 4 is 67.9 Å². The summed E-state index contributed by atoms with van der Waals surface area (Å²) in [5.41, 5.74) is 1.46. The Hall–Kier alpha value is -2.30. The maximum absolute atomic E-state index is 12.5. The number of fused-ring (bicyclic) bond motifs is 6. The predicted molar refractivity (Wildman–Crippen MR) is 108 cm³/mol. The average Bonchev–Trinajstić information content (AvgIpc) is 2.71. The van der Waals surface area contributed by atoms with Crippen LogP contribution in [0.3, 0.4) is 0 Å². The molecule has 3 aromatic carbocycles. The van der Waals surface area contributed by atoms with Gasteiger partial charge in [-0.1, -0.05) is 48.5 Å². The van der Waals surface area contributed by atoms with Gasteiger partial charge < -0.3 is 9.80 Å². The molecular formula is C20H16Cl2N2O2. The number of carbonyl (C=O) groups is 2. The van der Waals surface area contributed by atoms with Crippen molar-refractivity contribution in [2.24, 2.45) is 0 Å². The Morgan fingerprint density at radius 2 is 1.04 bits per heavy atom. The van der Waals surface area contributed by atoms with E-state index in [4.69, 9.17) is 23.2 Å². The maximum Gasteiger partial charge on any atom is 0.242 e. The predicted octanol–water partition coefficient (Wildman–Crippen LogP) is 4.15. The van der Waals surface area contributed by atoms with Crippen molar-refractivity contribution in [1.82, 2.24) is 0 Å². The van der Waals surface area contributed by atoms with E-state index in [1.165, 1.54) is 0 Å². The molecule has 2 amide bonds. The highest BCUT2D eigenvalue weighted by molar-refractivity contribution is 6.34. The van der Waals surface area contributed by atoms with Crippen molar-refractivity contribution in [3.05, 3.63) is 48.5 Å². The molecule has 0 radical (unpaired) electrons. The largest absolute Gasteiger partial charge is 0.307 e. The zero-order chi connectivity index (χ0) is 18.3. The third-order valence-corrected chi connectivity index (χ3v) is 5.25. The highest BCUT2D eigenvalue weighted by Gasteiger charge is 2.32. The van der Waals surface area contributed by atoms with E-state index in [1.807, 2.05) is 48.5 Å². The molecule has 0 aromatic heterocycles. The van der Waals surface area contributed by atoms with Crippen LogP contribution in [0, 0.1) is 0 Å². The van der Waals surface area contributed by atoms with Gasteiger partial charge in [-0.2, -0.15) is 0 Å². The van der Waals surface area contributed by atoms with Gasteiger partial charge in [0.1, 0.15) is 11.8 Å². The van der Waals surface area contributed by atoms with Crippen LogP contribution in [0.15, 0.2) is 48.5 Å². The van der Waals surface area contributed by atoms with Crippen molar-refractivity contribution in [3.8, 4) is 0 Å². The van der Waals surface area contributed by atoms with Crippen LogP contribution < -0.4 is 9.80 Å². The van der Waals surface area contributed by atoms with Gasteiger partial charge in [0.25, 0.3) is 0 Å². The Morgan fingerprint density at radius 1 is 0.692 bits per heavy atom. The molecule has 0 spiro atoms. The highest BCUT2D eigenvalue weighted by atomic mass is 35.5. The standard InChI is InChI=1S/C20H16Cl2N2O2/c21-11-17(25)23-9-10-24(18(26)12-22)20-16-8-4-2-6-14(16)13-5-1-3-7-15(13)19(20)23/h1-8H,9-12H2. The third-order valence-electron chi connectivity index (χ3n) is 4.80. The minimum Gasteiger partial charge on any atom is -0.307 e. The lowest BCUT2D eigenvalue weighted by Crippen LogP contribution is -2.47. The van der Waals surface area contributed by atoms with Gasteiger partial charge >= 0.3 is 0 Å². The van der Waals surface area contributed by atoms with Crippen LogP contribution in [0.4, 0.5) is 11.4 Å². The fourth-order valence-electron chi connectivity index (χ4n) is 3.72. The number of carbonyl (C=O) groups excluding carboxylic acids is 2. The van der Waals surface area contributed by atoms with E-state index in [2.05, 4.69) is 0 Å². The van der Waals surface area contributed by atoms with Crippen LogP contribution in [0.25, 0.3) is 21.5 Å². The van der Waals surface area contributed by atoms with Crippen LogP contribution in [0.2, 0.25) is 0 Å². The summed E-state index contributed by atoms with van der Waals surface area (Å²) in [5.74, 6) is -0.564. The number of hydrogen-bond acceptors (Lipinski definition) is 2. The topological polar surface area (TPSA) is 40.6 Å². The van der Waals surface area contributed by atoms with Crippen molar-refractivity contribution in [1.29, 1.82) is 0 Å². The van der Waals surface area contributed by atoms with Gasteiger partial charge in [0.15, 0.2) is 0 Å². The van der Waals surface area contributed by atoms with Gasteiger partial charge in [-0.3, -0.25) is 9.59 Å². The van der Waals surface area contributed by atoms with Crippen molar-refractivity contribution in [2.75, 3.05) is 34.6 Å². The summed E-state index contributed by atoms with van der Waals surface area (Å²) in [6, 6.07) is 15.8. The molecule has 4 rings (SSSR count). The van der Waals surface area contributed by atoms with Crippen molar-refractivity contribution in [3.63, 3.8) is 0 Å². The average molecular weight is 387 g/mol. The van der Waals surface area contributed by atoms with E-state index >= 15 is 0 Å². The van der Waals surface area contributed by atoms with E-state index in [-0.39, 0.29) is 23.6 Å². The number of halogens is 2. The lowest BCUT2D eigenvalue weighted by molar-refractivity contribution is -0.118. The molecule has 6 heteroatoms. The Morgan fingerprint density at radius 3 is 1.38 bits per heavy atom. The molecule has 0 atom stereocenters. The minimum absolute atomic E-state index is 0.107.